The summed E-state index contributed by atoms with van der Waals surface area (Å²) in [6.45, 7) is 3.00. The second-order valence-electron chi connectivity index (χ2n) is 8.08. The Balaban J connectivity index is 1.49. The molecule has 2 aliphatic rings. The molecule has 0 spiro atoms. The highest BCUT2D eigenvalue weighted by atomic mass is 32.2. The van der Waals surface area contributed by atoms with Crippen LogP contribution in [0.25, 0.3) is 0 Å². The van der Waals surface area contributed by atoms with Crippen LogP contribution < -0.4 is 11.1 Å². The number of thiazole rings is 1. The number of carbonyl (C=O) groups is 4. The summed E-state index contributed by atoms with van der Waals surface area (Å²) in [6.07, 6.45) is -0.322. The van der Waals surface area contributed by atoms with Crippen LogP contribution in [0.1, 0.15) is 19.5 Å². The number of anilines is 1. The lowest BCUT2D eigenvalue weighted by Crippen LogP contribution is -2.71. The molecule has 2 amide bonds. The van der Waals surface area contributed by atoms with E-state index in [1.807, 2.05) is 0 Å². The summed E-state index contributed by atoms with van der Waals surface area (Å²) in [4.78, 5) is 59.5. The van der Waals surface area contributed by atoms with Crippen LogP contribution in [0.2, 0.25) is 0 Å². The maximum Gasteiger partial charge on any atom is 0.352 e. The minimum atomic E-state index is -1.31. The van der Waals surface area contributed by atoms with E-state index in [2.05, 4.69) is 31.0 Å². The molecular formula is C19H21N9O7S3. The molecule has 1 saturated heterocycles. The Morgan fingerprint density at radius 1 is 1.37 bits per heavy atom. The number of thioether (sulfide) groups is 2. The van der Waals surface area contributed by atoms with Crippen LogP contribution in [0.15, 0.2) is 27.0 Å². The molecule has 0 aromatic carbocycles. The van der Waals surface area contributed by atoms with Crippen LogP contribution in [0.4, 0.5) is 5.13 Å². The molecule has 1 fully saturated rings. The second kappa shape index (κ2) is 11.4. The SMILES string of the molecule is CC(C)ON=C(C(=O)NC1C(=O)N2C(C(=O)O)=C(CSc3nnnn3CC(=O)O)CS[C@@H]12)c1csc(N)n1. The van der Waals surface area contributed by atoms with Crippen LogP contribution in [0.3, 0.4) is 0 Å². The van der Waals surface area contributed by atoms with Crippen molar-refractivity contribution >= 4 is 69.5 Å². The highest BCUT2D eigenvalue weighted by Crippen LogP contribution is 2.41. The fourth-order valence-corrected chi connectivity index (χ4v) is 6.35. The van der Waals surface area contributed by atoms with Gasteiger partial charge >= 0.3 is 11.9 Å². The Labute approximate surface area is 226 Å². The number of nitrogens with one attached hydrogen (secondary N) is 1. The molecule has 38 heavy (non-hydrogen) atoms. The first-order valence-corrected chi connectivity index (χ1v) is 13.7. The van der Waals surface area contributed by atoms with Gasteiger partial charge < -0.3 is 26.1 Å². The molecule has 2 aromatic rings. The monoisotopic (exact) mass is 583 g/mol. The summed E-state index contributed by atoms with van der Waals surface area (Å²) < 4.78 is 1.07. The zero-order valence-corrected chi connectivity index (χ0v) is 22.2. The van der Waals surface area contributed by atoms with Gasteiger partial charge in [-0.1, -0.05) is 16.9 Å². The lowest BCUT2D eigenvalue weighted by atomic mass is 10.0. The highest BCUT2D eigenvalue weighted by molar-refractivity contribution is 8.01. The van der Waals surface area contributed by atoms with Crippen molar-refractivity contribution in [1.29, 1.82) is 0 Å². The van der Waals surface area contributed by atoms with Crippen molar-refractivity contribution in [2.24, 2.45) is 5.16 Å². The number of aromatic nitrogens is 5. The van der Waals surface area contributed by atoms with Gasteiger partial charge in [0.2, 0.25) is 5.16 Å². The van der Waals surface area contributed by atoms with Crippen LogP contribution in [0.5, 0.6) is 0 Å². The summed E-state index contributed by atoms with van der Waals surface area (Å²) >= 11 is 3.43. The summed E-state index contributed by atoms with van der Waals surface area (Å²) in [7, 11) is 0. The number of tetrazole rings is 1. The Morgan fingerprint density at radius 3 is 2.76 bits per heavy atom. The third-order valence-electron chi connectivity index (χ3n) is 5.03. The molecule has 16 nitrogen and oxygen atoms in total. The van der Waals surface area contributed by atoms with E-state index in [1.165, 1.54) is 17.1 Å². The minimum absolute atomic E-state index is 0.108. The fourth-order valence-electron chi connectivity index (χ4n) is 3.44. The smallest absolute Gasteiger partial charge is 0.352 e. The van der Waals surface area contributed by atoms with Crippen molar-refractivity contribution in [3.05, 3.63) is 22.3 Å². The van der Waals surface area contributed by atoms with Crippen molar-refractivity contribution in [3.63, 3.8) is 0 Å². The predicted molar refractivity (Wildman–Crippen MR) is 135 cm³/mol. The topological polar surface area (TPSA) is 228 Å². The molecule has 1 unspecified atom stereocenters. The third kappa shape index (κ3) is 5.73. The highest BCUT2D eigenvalue weighted by Gasteiger charge is 2.54. The molecule has 2 aromatic heterocycles. The number of carboxylic acid groups (broad SMARTS) is 2. The van der Waals surface area contributed by atoms with E-state index in [9.17, 15) is 24.3 Å². The molecule has 5 N–H and O–H groups in total. The van der Waals surface area contributed by atoms with Gasteiger partial charge in [-0.25, -0.2) is 14.5 Å². The Kier molecular flexibility index (Phi) is 8.17. The van der Waals surface area contributed by atoms with E-state index in [-0.39, 0.29) is 45.0 Å². The number of fused-ring (bicyclic) bond motifs is 1. The van der Waals surface area contributed by atoms with E-state index >= 15 is 0 Å². The van der Waals surface area contributed by atoms with Gasteiger partial charge in [0.15, 0.2) is 10.8 Å². The van der Waals surface area contributed by atoms with Gasteiger partial charge in [0.25, 0.3) is 11.8 Å². The van der Waals surface area contributed by atoms with Crippen LogP contribution in [0, 0.1) is 0 Å². The number of nitrogen functional groups attached to an aromatic ring is 1. The van der Waals surface area contributed by atoms with Gasteiger partial charge in [-0.3, -0.25) is 19.3 Å². The normalized spacial score (nSPS) is 19.3. The maximum absolute atomic E-state index is 13.0. The number of amides is 2. The number of hydrogen-bond donors (Lipinski definition) is 4. The molecular weight excluding hydrogens is 562 g/mol. The molecule has 19 heteroatoms. The zero-order valence-electron chi connectivity index (χ0n) is 19.8. The van der Waals surface area contributed by atoms with Crippen molar-refractivity contribution in [2.45, 2.75) is 43.1 Å². The van der Waals surface area contributed by atoms with Gasteiger partial charge in [-0.05, 0) is 29.8 Å². The number of carbonyl (C=O) groups excluding carboxylic acids is 2. The molecule has 0 bridgehead atoms. The molecule has 2 aliphatic heterocycles. The average Bonchev–Trinajstić information content (AvgIpc) is 3.48. The largest absolute Gasteiger partial charge is 0.480 e. The standard InChI is InChI=1S/C19H21N9O7S3/c1-7(2)35-24-11(9-6-37-18(20)21-9)14(31)22-12-15(32)28-13(17(33)34)8(4-36-16(12)28)5-38-19-23-25-26-27(19)3-10(29)30/h6-7,12,16H,3-5H2,1-2H3,(H2,20,21)(H,22,31)(H,29,30)(H,33,34)/t12?,16-/m0/s1. The summed E-state index contributed by atoms with van der Waals surface area (Å²) in [5.41, 5.74) is 5.93. The molecule has 2 atom stereocenters. The number of oxime groups is 1. The van der Waals surface area contributed by atoms with E-state index in [0.717, 1.165) is 32.7 Å². The van der Waals surface area contributed by atoms with Crippen LogP contribution in [-0.4, -0.2) is 98.8 Å². The number of aliphatic carboxylic acids is 2. The van der Waals surface area contributed by atoms with Crippen molar-refractivity contribution in [1.82, 2.24) is 35.4 Å². The lowest BCUT2D eigenvalue weighted by molar-refractivity contribution is -0.150. The third-order valence-corrected chi connectivity index (χ3v) is 8.09. The first-order valence-electron chi connectivity index (χ1n) is 10.8. The first kappa shape index (κ1) is 27.3. The quantitative estimate of drug-likeness (QED) is 0.113. The van der Waals surface area contributed by atoms with Gasteiger partial charge in [0, 0.05) is 16.9 Å². The minimum Gasteiger partial charge on any atom is -0.480 e. The Morgan fingerprint density at radius 2 is 2.13 bits per heavy atom. The van der Waals surface area contributed by atoms with E-state index in [4.69, 9.17) is 15.7 Å². The molecule has 202 valence electrons. The van der Waals surface area contributed by atoms with Gasteiger partial charge in [0.1, 0.15) is 35.5 Å². The molecule has 0 radical (unpaired) electrons. The number of hydrogen-bond acceptors (Lipinski definition) is 14. The lowest BCUT2D eigenvalue weighted by Gasteiger charge is -2.49. The number of nitrogens with two attached hydrogens (primary N) is 1. The fraction of sp³-hybridized carbons (Fsp3) is 0.421. The van der Waals surface area contributed by atoms with Gasteiger partial charge in [-0.15, -0.1) is 28.2 Å². The zero-order chi connectivity index (χ0) is 27.6. The number of carboxylic acids is 2. The number of rotatable bonds is 11. The Hall–Kier alpha value is -3.71. The Bertz CT molecular complexity index is 1340. The molecule has 4 rings (SSSR count). The van der Waals surface area contributed by atoms with Crippen molar-refractivity contribution in [2.75, 3.05) is 17.2 Å². The molecule has 4 heterocycles. The molecule has 0 saturated carbocycles. The summed E-state index contributed by atoms with van der Waals surface area (Å²) in [5.74, 6) is -3.41. The van der Waals surface area contributed by atoms with Crippen molar-refractivity contribution < 1.29 is 34.2 Å². The van der Waals surface area contributed by atoms with Crippen LogP contribution in [-0.2, 0) is 30.6 Å². The second-order valence-corrected chi connectivity index (χ2v) is 11.0. The van der Waals surface area contributed by atoms with Gasteiger partial charge in [-0.2, -0.15) is 0 Å². The summed E-state index contributed by atoms with van der Waals surface area (Å²) in [6, 6.07) is -1.00. The molecule has 0 aliphatic carbocycles. The van der Waals surface area contributed by atoms with Crippen molar-refractivity contribution in [3.8, 4) is 0 Å². The number of nitrogens with zero attached hydrogens (tertiary/aromatic N) is 7. The van der Waals surface area contributed by atoms with E-state index in [1.54, 1.807) is 13.8 Å². The predicted octanol–water partition coefficient (Wildman–Crippen LogP) is -0.544. The summed E-state index contributed by atoms with van der Waals surface area (Å²) in [5, 5.41) is 37.4. The van der Waals surface area contributed by atoms with Crippen LogP contribution >= 0.6 is 34.9 Å². The first-order chi connectivity index (χ1) is 18.1. The number of β-lactam (4-membered cyclic amide) rings is 1. The van der Waals surface area contributed by atoms with E-state index in [0.29, 0.717) is 5.57 Å². The average molecular weight is 584 g/mol. The van der Waals surface area contributed by atoms with E-state index < -0.39 is 41.7 Å². The maximum atomic E-state index is 13.0. The van der Waals surface area contributed by atoms with Gasteiger partial charge in [0.05, 0.1) is 0 Å².